The molecule has 0 saturated heterocycles. The molecule has 0 saturated carbocycles. The highest BCUT2D eigenvalue weighted by Crippen LogP contribution is 2.13. The number of hydrogen-bond donors (Lipinski definition) is 1. The maximum Gasteiger partial charge on any atom is 0.439 e. The molecule has 4 nitrogen and oxygen atoms in total. The molecule has 0 bridgehead atoms. The third-order valence-electron chi connectivity index (χ3n) is 3.98. The fraction of sp³-hybridized carbons (Fsp3) is 1.00. The van der Waals surface area contributed by atoms with E-state index in [0.29, 0.717) is 5.75 Å². The largest absolute Gasteiger partial charge is 0.439 e. The normalized spacial score (nSPS) is 13.3. The average molecular weight is 370 g/mol. The Balaban J connectivity index is 3.29. The van der Waals surface area contributed by atoms with Gasteiger partial charge in [-0.2, -0.15) is 8.42 Å². The van der Waals surface area contributed by atoms with Crippen LogP contribution in [0.5, 0.6) is 0 Å². The summed E-state index contributed by atoms with van der Waals surface area (Å²) in [7, 11) is -4.29. The molecule has 1 N–H and O–H groups in total. The average Bonchev–Trinajstić information content (AvgIpc) is 2.49. The first-order valence-electron chi connectivity index (χ1n) is 9.34. The highest BCUT2D eigenvalue weighted by Gasteiger charge is 2.25. The minimum atomic E-state index is -4.29. The molecule has 23 heavy (non-hydrogen) atoms. The van der Waals surface area contributed by atoms with Crippen molar-refractivity contribution < 1.29 is 16.6 Å². The molecule has 0 aliphatic heterocycles. The molecule has 0 aromatic heterocycles. The second-order valence-corrected chi connectivity index (χ2v) is 9.44. The molecular formula is C17H37O4S2+. The maximum atomic E-state index is 10.7. The van der Waals surface area contributed by atoms with Crippen LogP contribution < -0.4 is 0 Å². The number of rotatable bonds is 17. The highest BCUT2D eigenvalue weighted by molar-refractivity contribution is 8.00. The van der Waals surface area contributed by atoms with Gasteiger partial charge in [-0.1, -0.05) is 77.6 Å². The molecule has 0 radical (unpaired) electrons. The van der Waals surface area contributed by atoms with Gasteiger partial charge >= 0.3 is 10.4 Å². The summed E-state index contributed by atoms with van der Waals surface area (Å²) in [5, 5.41) is 0. The van der Waals surface area contributed by atoms with Crippen LogP contribution in [0.4, 0.5) is 0 Å². The quantitative estimate of drug-likeness (QED) is 0.210. The van der Waals surface area contributed by atoms with Gasteiger partial charge < -0.3 is 0 Å². The Labute approximate surface area is 147 Å². The molecule has 6 heteroatoms. The zero-order valence-electron chi connectivity index (χ0n) is 15.1. The lowest BCUT2D eigenvalue weighted by molar-refractivity contribution is 0.403. The first-order chi connectivity index (χ1) is 11.0. The van der Waals surface area contributed by atoms with Gasteiger partial charge in [-0.25, -0.2) is 0 Å². The molecular weight excluding hydrogens is 332 g/mol. The van der Waals surface area contributed by atoms with Gasteiger partial charge in [0.15, 0.2) is 11.2 Å². The molecule has 1 atom stereocenters. The lowest BCUT2D eigenvalue weighted by Crippen LogP contribution is -2.18. The zero-order chi connectivity index (χ0) is 17.4. The summed E-state index contributed by atoms with van der Waals surface area (Å²) < 4.78 is 34.7. The first kappa shape index (κ1) is 23.2. The van der Waals surface area contributed by atoms with Crippen LogP contribution >= 0.6 is 0 Å². The zero-order valence-corrected chi connectivity index (χ0v) is 16.7. The lowest BCUT2D eigenvalue weighted by atomic mass is 10.1. The summed E-state index contributed by atoms with van der Waals surface area (Å²) in [5.41, 5.74) is 0. The molecule has 0 fully saturated rings. The van der Waals surface area contributed by atoms with E-state index in [1.807, 2.05) is 6.92 Å². The van der Waals surface area contributed by atoms with Crippen LogP contribution in [-0.4, -0.2) is 24.5 Å². The fourth-order valence-electron chi connectivity index (χ4n) is 2.63. The van der Waals surface area contributed by atoms with E-state index < -0.39 is 21.6 Å². The van der Waals surface area contributed by atoms with Crippen molar-refractivity contribution in [2.24, 2.45) is 0 Å². The lowest BCUT2D eigenvalue weighted by Gasteiger charge is -2.04. The van der Waals surface area contributed by atoms with Crippen molar-refractivity contribution in [1.82, 2.24) is 0 Å². The standard InChI is InChI=1S/C17H36O4S2/c1-3-5-6-7-8-9-10-11-12-13-14-15-16-17-22(4-2)21-23(18,19)20/h3-17H2,1-2H3/p+1. The molecule has 0 heterocycles. The minimum Gasteiger partial charge on any atom is -0.261 e. The van der Waals surface area contributed by atoms with E-state index in [1.54, 1.807) is 0 Å². The highest BCUT2D eigenvalue weighted by atomic mass is 32.3. The van der Waals surface area contributed by atoms with Crippen molar-refractivity contribution in [2.75, 3.05) is 11.5 Å². The van der Waals surface area contributed by atoms with E-state index >= 15 is 0 Å². The first-order valence-corrected chi connectivity index (χ1v) is 12.2. The van der Waals surface area contributed by atoms with E-state index in [-0.39, 0.29) is 0 Å². The molecule has 0 aromatic carbocycles. The monoisotopic (exact) mass is 369 g/mol. The van der Waals surface area contributed by atoms with Gasteiger partial charge in [0.2, 0.25) is 0 Å². The van der Waals surface area contributed by atoms with Crippen molar-refractivity contribution in [3.05, 3.63) is 0 Å². The van der Waals surface area contributed by atoms with Gasteiger partial charge in [-0.15, -0.1) is 0 Å². The summed E-state index contributed by atoms with van der Waals surface area (Å²) in [6.07, 6.45) is 16.9. The third kappa shape index (κ3) is 18.4. The van der Waals surface area contributed by atoms with Crippen molar-refractivity contribution in [2.45, 2.75) is 97.3 Å². The summed E-state index contributed by atoms with van der Waals surface area (Å²) in [4.78, 5) is 0. The fourth-order valence-corrected chi connectivity index (χ4v) is 5.07. The number of hydrogen-bond acceptors (Lipinski definition) is 3. The second-order valence-electron chi connectivity index (χ2n) is 6.17. The Morgan fingerprint density at radius 2 is 1.13 bits per heavy atom. The SMILES string of the molecule is CCCCCCCCCCCCCCC[S+](CC)OS(=O)(=O)O. The van der Waals surface area contributed by atoms with Crippen molar-refractivity contribution >= 4 is 21.6 Å². The van der Waals surface area contributed by atoms with Crippen LogP contribution in [0.1, 0.15) is 97.3 Å². The molecule has 0 aliphatic rings. The topological polar surface area (TPSA) is 63.6 Å². The summed E-state index contributed by atoms with van der Waals surface area (Å²) in [6.45, 7) is 4.14. The van der Waals surface area contributed by atoms with Gasteiger partial charge in [0.1, 0.15) is 11.5 Å². The van der Waals surface area contributed by atoms with E-state index in [4.69, 9.17) is 4.55 Å². The third-order valence-corrected chi connectivity index (χ3v) is 6.83. The van der Waals surface area contributed by atoms with E-state index in [1.165, 1.54) is 70.6 Å². The van der Waals surface area contributed by atoms with Crippen LogP contribution in [0.15, 0.2) is 0 Å². The summed E-state index contributed by atoms with van der Waals surface area (Å²) in [5.74, 6) is 1.37. The Hall–Kier alpha value is 0.220. The molecule has 0 spiro atoms. The van der Waals surface area contributed by atoms with Crippen LogP contribution in [0, 0.1) is 0 Å². The maximum absolute atomic E-state index is 10.7. The summed E-state index contributed by atoms with van der Waals surface area (Å²) in [6, 6.07) is 0. The van der Waals surface area contributed by atoms with Crippen LogP contribution in [0.25, 0.3) is 0 Å². The Morgan fingerprint density at radius 3 is 1.48 bits per heavy atom. The number of unbranched alkanes of at least 4 members (excludes halogenated alkanes) is 12. The van der Waals surface area contributed by atoms with Crippen molar-refractivity contribution in [1.29, 1.82) is 0 Å². The predicted molar refractivity (Wildman–Crippen MR) is 101 cm³/mol. The van der Waals surface area contributed by atoms with Crippen molar-refractivity contribution in [3.63, 3.8) is 0 Å². The molecule has 0 amide bonds. The Morgan fingerprint density at radius 1 is 0.739 bits per heavy atom. The van der Waals surface area contributed by atoms with Crippen LogP contribution in [0.3, 0.4) is 0 Å². The minimum absolute atomic E-state index is 0.637. The van der Waals surface area contributed by atoms with E-state index in [9.17, 15) is 8.42 Å². The predicted octanol–water partition coefficient (Wildman–Crippen LogP) is 5.45. The molecule has 0 aliphatic carbocycles. The van der Waals surface area contributed by atoms with E-state index in [0.717, 1.165) is 18.6 Å². The van der Waals surface area contributed by atoms with Gasteiger partial charge in [0.25, 0.3) is 0 Å². The second kappa shape index (κ2) is 15.7. The summed E-state index contributed by atoms with van der Waals surface area (Å²) >= 11 is -0.654. The Bertz CT molecular complexity index is 345. The smallest absolute Gasteiger partial charge is 0.261 e. The van der Waals surface area contributed by atoms with Crippen molar-refractivity contribution in [3.8, 4) is 0 Å². The van der Waals surface area contributed by atoms with Gasteiger partial charge in [0, 0.05) is 0 Å². The van der Waals surface area contributed by atoms with Crippen LogP contribution in [0.2, 0.25) is 0 Å². The van der Waals surface area contributed by atoms with Gasteiger partial charge in [-0.05, 0) is 23.4 Å². The van der Waals surface area contributed by atoms with Gasteiger partial charge in [-0.3, -0.25) is 4.55 Å². The molecule has 0 rings (SSSR count). The molecule has 0 aromatic rings. The Kier molecular flexibility index (Phi) is 15.9. The molecule has 140 valence electrons. The molecule has 1 unspecified atom stereocenters. The van der Waals surface area contributed by atoms with E-state index in [2.05, 4.69) is 10.6 Å². The van der Waals surface area contributed by atoms with Gasteiger partial charge in [0.05, 0.1) is 0 Å². The van der Waals surface area contributed by atoms with Crippen LogP contribution in [-0.2, 0) is 25.2 Å².